The maximum absolute atomic E-state index is 12.1. The molecule has 1 amide bonds. The molecule has 6 nitrogen and oxygen atoms in total. The van der Waals surface area contributed by atoms with Gasteiger partial charge in [-0.1, -0.05) is 6.92 Å². The highest BCUT2D eigenvalue weighted by atomic mass is 16.3. The van der Waals surface area contributed by atoms with Crippen molar-refractivity contribution in [3.8, 4) is 11.5 Å². The summed E-state index contributed by atoms with van der Waals surface area (Å²) in [6.45, 7) is 6.08. The van der Waals surface area contributed by atoms with E-state index in [1.165, 1.54) is 12.8 Å². The summed E-state index contributed by atoms with van der Waals surface area (Å²) < 4.78 is 5.27. The minimum absolute atomic E-state index is 0.154. The Morgan fingerprint density at radius 1 is 1.59 bits per heavy atom. The van der Waals surface area contributed by atoms with Crippen molar-refractivity contribution in [2.75, 3.05) is 26.2 Å². The third-order valence-corrected chi connectivity index (χ3v) is 4.05. The van der Waals surface area contributed by atoms with E-state index < -0.39 is 0 Å². The molecule has 0 spiro atoms. The Bertz CT molecular complexity index is 605. The number of amides is 1. The number of nitrogens with one attached hydrogen (secondary N) is 2. The number of piperidine rings is 1. The van der Waals surface area contributed by atoms with Gasteiger partial charge in [-0.25, -0.2) is 0 Å². The van der Waals surface area contributed by atoms with Crippen LogP contribution < -0.4 is 5.32 Å². The van der Waals surface area contributed by atoms with Gasteiger partial charge >= 0.3 is 0 Å². The third-order valence-electron chi connectivity index (χ3n) is 4.05. The van der Waals surface area contributed by atoms with Gasteiger partial charge in [-0.15, -0.1) is 0 Å². The molecule has 3 heterocycles. The Morgan fingerprint density at radius 3 is 3.27 bits per heavy atom. The van der Waals surface area contributed by atoms with E-state index in [1.807, 2.05) is 6.07 Å². The number of nitrogens with zero attached hydrogens (tertiary/aromatic N) is 2. The van der Waals surface area contributed by atoms with E-state index in [0.29, 0.717) is 23.7 Å². The highest BCUT2D eigenvalue weighted by Gasteiger charge is 2.16. The largest absolute Gasteiger partial charge is 0.463 e. The fraction of sp³-hybridized carbons (Fsp3) is 0.500. The van der Waals surface area contributed by atoms with Crippen LogP contribution in [0.5, 0.6) is 0 Å². The zero-order chi connectivity index (χ0) is 15.4. The van der Waals surface area contributed by atoms with Crippen molar-refractivity contribution >= 4 is 5.91 Å². The molecule has 2 aromatic heterocycles. The Hall–Kier alpha value is -2.08. The fourth-order valence-corrected chi connectivity index (χ4v) is 2.90. The first-order valence-electron chi connectivity index (χ1n) is 7.82. The number of furan rings is 1. The molecular formula is C16H22N4O2. The number of likely N-dealkylation sites (tertiary alicyclic amines) is 1. The van der Waals surface area contributed by atoms with E-state index in [-0.39, 0.29) is 5.91 Å². The fourth-order valence-electron chi connectivity index (χ4n) is 2.90. The van der Waals surface area contributed by atoms with Crippen molar-refractivity contribution in [2.24, 2.45) is 5.92 Å². The van der Waals surface area contributed by atoms with Crippen LogP contribution >= 0.6 is 0 Å². The number of carbonyl (C=O) groups is 1. The Morgan fingerprint density at radius 2 is 2.50 bits per heavy atom. The molecule has 2 aromatic rings. The summed E-state index contributed by atoms with van der Waals surface area (Å²) in [6, 6.07) is 5.33. The number of H-pyrrole nitrogens is 1. The summed E-state index contributed by atoms with van der Waals surface area (Å²) in [6.07, 6.45) is 4.15. The van der Waals surface area contributed by atoms with E-state index in [9.17, 15) is 4.79 Å². The van der Waals surface area contributed by atoms with E-state index in [2.05, 4.69) is 27.3 Å². The monoisotopic (exact) mass is 302 g/mol. The molecule has 118 valence electrons. The molecule has 3 rings (SSSR count). The van der Waals surface area contributed by atoms with Crippen LogP contribution in [-0.4, -0.2) is 47.2 Å². The summed E-state index contributed by atoms with van der Waals surface area (Å²) in [5, 5.41) is 9.78. The third kappa shape index (κ3) is 3.57. The molecule has 0 aromatic carbocycles. The molecule has 1 fully saturated rings. The number of aromatic amines is 1. The lowest BCUT2D eigenvalue weighted by molar-refractivity contribution is 0.0939. The van der Waals surface area contributed by atoms with Crippen molar-refractivity contribution in [1.29, 1.82) is 0 Å². The Kier molecular flexibility index (Phi) is 4.58. The first-order chi connectivity index (χ1) is 10.7. The topological polar surface area (TPSA) is 74.2 Å². The zero-order valence-corrected chi connectivity index (χ0v) is 12.8. The van der Waals surface area contributed by atoms with E-state index in [0.717, 1.165) is 25.6 Å². The van der Waals surface area contributed by atoms with Crippen LogP contribution in [0.25, 0.3) is 11.5 Å². The summed E-state index contributed by atoms with van der Waals surface area (Å²) in [7, 11) is 0. The summed E-state index contributed by atoms with van der Waals surface area (Å²) >= 11 is 0. The Balaban J connectivity index is 1.48. The lowest BCUT2D eigenvalue weighted by Gasteiger charge is -2.30. The van der Waals surface area contributed by atoms with Gasteiger partial charge in [0.25, 0.3) is 5.91 Å². The summed E-state index contributed by atoms with van der Waals surface area (Å²) in [5.74, 6) is 1.28. The van der Waals surface area contributed by atoms with E-state index in [4.69, 9.17) is 4.42 Å². The van der Waals surface area contributed by atoms with Gasteiger partial charge in [0.15, 0.2) is 11.5 Å². The molecule has 0 saturated carbocycles. The Labute approximate surface area is 129 Å². The molecule has 0 radical (unpaired) electrons. The maximum atomic E-state index is 12.1. The number of aromatic nitrogens is 2. The molecule has 1 aliphatic rings. The average molecular weight is 302 g/mol. The number of hydrogen-bond donors (Lipinski definition) is 2. The molecule has 1 saturated heterocycles. The first-order valence-corrected chi connectivity index (χ1v) is 7.82. The van der Waals surface area contributed by atoms with Gasteiger partial charge in [-0.3, -0.25) is 9.89 Å². The van der Waals surface area contributed by atoms with Gasteiger partial charge in [-0.2, -0.15) is 5.10 Å². The van der Waals surface area contributed by atoms with Gasteiger partial charge < -0.3 is 14.6 Å². The first kappa shape index (κ1) is 14.8. The average Bonchev–Trinajstić information content (AvgIpc) is 3.18. The van der Waals surface area contributed by atoms with E-state index >= 15 is 0 Å². The second kappa shape index (κ2) is 6.79. The van der Waals surface area contributed by atoms with Crippen molar-refractivity contribution < 1.29 is 9.21 Å². The second-order valence-electron chi connectivity index (χ2n) is 5.95. The molecule has 1 atom stereocenters. The minimum atomic E-state index is -0.154. The van der Waals surface area contributed by atoms with Gasteiger partial charge in [0, 0.05) is 25.7 Å². The maximum Gasteiger partial charge on any atom is 0.271 e. The predicted octanol–water partition coefficient (Wildman–Crippen LogP) is 2.13. The van der Waals surface area contributed by atoms with Crippen molar-refractivity contribution in [2.45, 2.75) is 19.8 Å². The second-order valence-corrected chi connectivity index (χ2v) is 5.95. The quantitative estimate of drug-likeness (QED) is 0.887. The van der Waals surface area contributed by atoms with Crippen molar-refractivity contribution in [3.05, 3.63) is 30.2 Å². The lowest BCUT2D eigenvalue weighted by Crippen LogP contribution is -2.40. The van der Waals surface area contributed by atoms with Crippen LogP contribution in [0.4, 0.5) is 0 Å². The van der Waals surface area contributed by atoms with Gasteiger partial charge in [0.2, 0.25) is 0 Å². The normalized spacial score (nSPS) is 19.2. The summed E-state index contributed by atoms with van der Waals surface area (Å²) in [4.78, 5) is 14.5. The van der Waals surface area contributed by atoms with Gasteiger partial charge in [0.1, 0.15) is 5.69 Å². The highest BCUT2D eigenvalue weighted by Crippen LogP contribution is 2.17. The molecule has 1 unspecified atom stereocenters. The molecular weight excluding hydrogens is 280 g/mol. The van der Waals surface area contributed by atoms with Gasteiger partial charge in [0.05, 0.1) is 6.26 Å². The molecule has 1 aliphatic heterocycles. The lowest BCUT2D eigenvalue weighted by atomic mass is 10.0. The molecule has 0 bridgehead atoms. The van der Waals surface area contributed by atoms with E-state index in [1.54, 1.807) is 18.4 Å². The zero-order valence-electron chi connectivity index (χ0n) is 12.8. The minimum Gasteiger partial charge on any atom is -0.463 e. The van der Waals surface area contributed by atoms with Crippen LogP contribution in [0.2, 0.25) is 0 Å². The molecule has 22 heavy (non-hydrogen) atoms. The van der Waals surface area contributed by atoms with Gasteiger partial charge in [-0.05, 0) is 37.4 Å². The van der Waals surface area contributed by atoms with Crippen molar-refractivity contribution in [1.82, 2.24) is 20.4 Å². The molecule has 0 aliphatic carbocycles. The molecule has 6 heteroatoms. The number of carbonyl (C=O) groups excluding carboxylic acids is 1. The van der Waals surface area contributed by atoms with Crippen LogP contribution in [0.3, 0.4) is 0 Å². The standard InChI is InChI=1S/C16H22N4O2/c1-12-4-2-7-20(11-12)8-6-17-16(21)14-10-13(18-19-14)15-5-3-9-22-15/h3,5,9-10,12H,2,4,6-8,11H2,1H3,(H,17,21)(H,18,19). The number of rotatable bonds is 5. The van der Waals surface area contributed by atoms with Crippen LogP contribution in [-0.2, 0) is 0 Å². The van der Waals surface area contributed by atoms with Crippen LogP contribution in [0.1, 0.15) is 30.3 Å². The van der Waals surface area contributed by atoms with Crippen LogP contribution in [0, 0.1) is 5.92 Å². The van der Waals surface area contributed by atoms with Crippen LogP contribution in [0.15, 0.2) is 28.9 Å². The van der Waals surface area contributed by atoms with Crippen molar-refractivity contribution in [3.63, 3.8) is 0 Å². The summed E-state index contributed by atoms with van der Waals surface area (Å²) in [5.41, 5.74) is 1.10. The predicted molar refractivity (Wildman–Crippen MR) is 83.5 cm³/mol. The highest BCUT2D eigenvalue weighted by molar-refractivity contribution is 5.93. The molecule has 2 N–H and O–H groups in total. The number of hydrogen-bond acceptors (Lipinski definition) is 4. The SMILES string of the molecule is CC1CCCN(CCNC(=O)c2cc(-c3ccco3)[nH]n2)C1. The smallest absolute Gasteiger partial charge is 0.271 e.